The summed E-state index contributed by atoms with van der Waals surface area (Å²) < 4.78 is 1.92. The molecule has 0 bridgehead atoms. The predicted octanol–water partition coefficient (Wildman–Crippen LogP) is 3.91. The number of benzene rings is 1. The Labute approximate surface area is 166 Å². The third kappa shape index (κ3) is 6.27. The molecule has 1 heterocycles. The fraction of sp³-hybridized carbons (Fsp3) is 0.474. The maximum absolute atomic E-state index is 6.24. The van der Waals surface area contributed by atoms with E-state index in [4.69, 9.17) is 23.8 Å². The van der Waals surface area contributed by atoms with E-state index in [-0.39, 0.29) is 0 Å². The van der Waals surface area contributed by atoms with Crippen molar-refractivity contribution in [3.05, 3.63) is 46.6 Å². The zero-order valence-corrected chi connectivity index (χ0v) is 17.3. The van der Waals surface area contributed by atoms with Gasteiger partial charge in [-0.25, -0.2) is 0 Å². The summed E-state index contributed by atoms with van der Waals surface area (Å²) >= 11 is 11.6. The van der Waals surface area contributed by atoms with E-state index in [9.17, 15) is 0 Å². The molecule has 0 amide bonds. The van der Waals surface area contributed by atoms with Gasteiger partial charge in [0.2, 0.25) is 0 Å². The zero-order chi connectivity index (χ0) is 18.9. The Balaban J connectivity index is 1.83. The van der Waals surface area contributed by atoms with Crippen molar-refractivity contribution in [2.24, 2.45) is 0 Å². The Morgan fingerprint density at radius 2 is 2.00 bits per heavy atom. The van der Waals surface area contributed by atoms with Crippen molar-refractivity contribution in [2.45, 2.75) is 33.7 Å². The van der Waals surface area contributed by atoms with E-state index < -0.39 is 0 Å². The molecule has 26 heavy (non-hydrogen) atoms. The Bertz CT molecular complexity index is 712. The van der Waals surface area contributed by atoms with Crippen LogP contribution < -0.4 is 10.6 Å². The molecule has 142 valence electrons. The normalized spacial score (nSPS) is 11.0. The number of thiocarbonyl (C=S) groups is 1. The second kappa shape index (κ2) is 10.5. The summed E-state index contributed by atoms with van der Waals surface area (Å²) in [4.78, 5) is 2.40. The number of aromatic nitrogens is 2. The van der Waals surface area contributed by atoms with Crippen LogP contribution in [0.25, 0.3) is 0 Å². The quantitative estimate of drug-likeness (QED) is 0.499. The molecular formula is C19H28ClN5S. The summed E-state index contributed by atoms with van der Waals surface area (Å²) in [6.45, 7) is 11.1. The lowest BCUT2D eigenvalue weighted by molar-refractivity contribution is 0.300. The first-order valence-electron chi connectivity index (χ1n) is 9.08. The molecule has 0 aliphatic heterocycles. The molecule has 0 spiro atoms. The van der Waals surface area contributed by atoms with Crippen molar-refractivity contribution >= 4 is 34.7 Å². The number of aryl methyl sites for hydroxylation is 1. The van der Waals surface area contributed by atoms with E-state index in [1.165, 1.54) is 0 Å². The molecule has 1 aromatic heterocycles. The lowest BCUT2D eigenvalue weighted by atomic mass is 10.2. The molecule has 7 heteroatoms. The molecule has 0 unspecified atom stereocenters. The van der Waals surface area contributed by atoms with Crippen LogP contribution in [0, 0.1) is 6.92 Å². The van der Waals surface area contributed by atoms with Crippen molar-refractivity contribution in [1.29, 1.82) is 0 Å². The smallest absolute Gasteiger partial charge is 0.171 e. The summed E-state index contributed by atoms with van der Waals surface area (Å²) in [5, 5.41) is 12.3. The number of nitrogens with zero attached hydrogens (tertiary/aromatic N) is 3. The molecule has 0 radical (unpaired) electrons. The first-order chi connectivity index (χ1) is 12.5. The molecule has 2 N–H and O–H groups in total. The molecule has 0 saturated carbocycles. The Hall–Kier alpha value is -1.63. The van der Waals surface area contributed by atoms with Crippen molar-refractivity contribution in [3.63, 3.8) is 0 Å². The van der Waals surface area contributed by atoms with Crippen LogP contribution in [0.1, 0.15) is 31.5 Å². The summed E-state index contributed by atoms with van der Waals surface area (Å²) in [6.07, 6.45) is 1.06. The molecule has 1 aromatic carbocycles. The molecule has 0 saturated heterocycles. The monoisotopic (exact) mass is 393 g/mol. The number of hydrogen-bond donors (Lipinski definition) is 2. The van der Waals surface area contributed by atoms with Crippen LogP contribution in [-0.4, -0.2) is 46.0 Å². The lowest BCUT2D eigenvalue weighted by Gasteiger charge is -2.18. The van der Waals surface area contributed by atoms with Gasteiger partial charge in [-0.05, 0) is 56.8 Å². The average Bonchev–Trinajstić information content (AvgIpc) is 2.96. The Morgan fingerprint density at radius 3 is 2.69 bits per heavy atom. The highest BCUT2D eigenvalue weighted by Gasteiger charge is 2.08. The van der Waals surface area contributed by atoms with Gasteiger partial charge in [0.1, 0.15) is 0 Å². The van der Waals surface area contributed by atoms with E-state index in [0.717, 1.165) is 54.7 Å². The molecule has 0 aliphatic carbocycles. The van der Waals surface area contributed by atoms with E-state index in [1.54, 1.807) is 0 Å². The number of rotatable bonds is 9. The molecule has 0 atom stereocenters. The second-order valence-electron chi connectivity index (χ2n) is 6.18. The van der Waals surface area contributed by atoms with Gasteiger partial charge in [-0.15, -0.1) is 0 Å². The van der Waals surface area contributed by atoms with Gasteiger partial charge in [0.25, 0.3) is 0 Å². The van der Waals surface area contributed by atoms with Crippen LogP contribution in [0.3, 0.4) is 0 Å². The van der Waals surface area contributed by atoms with E-state index in [2.05, 4.69) is 34.5 Å². The minimum Gasteiger partial charge on any atom is -0.362 e. The minimum absolute atomic E-state index is 0.604. The standard InChI is InChI=1S/C19H28ClN5S/c1-4-24(5-2)12-8-11-21-19(26)22-18-13-15(3)25(23-18)14-16-9-6-7-10-17(16)20/h6-7,9-10,13H,4-5,8,11-12,14H2,1-3H3,(H2,21,22,23,26). The summed E-state index contributed by atoms with van der Waals surface area (Å²) in [6, 6.07) is 9.81. The van der Waals surface area contributed by atoms with E-state index >= 15 is 0 Å². The third-order valence-corrected chi connectivity index (χ3v) is 4.95. The molecule has 2 aromatic rings. The molecule has 0 fully saturated rings. The van der Waals surface area contributed by atoms with Crippen LogP contribution in [0.15, 0.2) is 30.3 Å². The van der Waals surface area contributed by atoms with Gasteiger partial charge in [-0.2, -0.15) is 5.10 Å². The van der Waals surface area contributed by atoms with Crippen molar-refractivity contribution in [1.82, 2.24) is 20.0 Å². The van der Waals surface area contributed by atoms with Gasteiger partial charge in [0, 0.05) is 23.3 Å². The fourth-order valence-corrected chi connectivity index (χ4v) is 3.13. The first-order valence-corrected chi connectivity index (χ1v) is 9.87. The van der Waals surface area contributed by atoms with Crippen molar-refractivity contribution < 1.29 is 0 Å². The minimum atomic E-state index is 0.604. The predicted molar refractivity (Wildman–Crippen MR) is 114 cm³/mol. The number of anilines is 1. The van der Waals surface area contributed by atoms with Crippen molar-refractivity contribution in [3.8, 4) is 0 Å². The van der Waals surface area contributed by atoms with Crippen LogP contribution in [0.2, 0.25) is 5.02 Å². The summed E-state index contributed by atoms with van der Waals surface area (Å²) in [5.41, 5.74) is 2.10. The highest BCUT2D eigenvalue weighted by molar-refractivity contribution is 7.80. The lowest BCUT2D eigenvalue weighted by Crippen LogP contribution is -2.32. The maximum Gasteiger partial charge on any atom is 0.171 e. The highest BCUT2D eigenvalue weighted by atomic mass is 35.5. The van der Waals surface area contributed by atoms with Crippen molar-refractivity contribution in [2.75, 3.05) is 31.5 Å². The molecule has 0 aliphatic rings. The van der Waals surface area contributed by atoms with E-state index in [0.29, 0.717) is 11.7 Å². The topological polar surface area (TPSA) is 45.1 Å². The second-order valence-corrected chi connectivity index (χ2v) is 7.00. The zero-order valence-electron chi connectivity index (χ0n) is 15.8. The van der Waals surface area contributed by atoms with Gasteiger partial charge >= 0.3 is 0 Å². The Kier molecular flexibility index (Phi) is 8.35. The van der Waals surface area contributed by atoms with Crippen LogP contribution in [0.4, 0.5) is 5.82 Å². The third-order valence-electron chi connectivity index (χ3n) is 4.33. The SMILES string of the molecule is CCN(CC)CCCNC(=S)Nc1cc(C)n(Cc2ccccc2Cl)n1. The molecule has 5 nitrogen and oxygen atoms in total. The Morgan fingerprint density at radius 1 is 1.27 bits per heavy atom. The number of halogens is 1. The van der Waals surface area contributed by atoms with Gasteiger partial charge in [0.15, 0.2) is 10.9 Å². The average molecular weight is 394 g/mol. The van der Waals surface area contributed by atoms with Gasteiger partial charge < -0.3 is 15.5 Å². The summed E-state index contributed by atoms with van der Waals surface area (Å²) in [7, 11) is 0. The van der Waals surface area contributed by atoms with Crippen LogP contribution in [-0.2, 0) is 6.54 Å². The first kappa shape index (κ1) is 20.7. The van der Waals surface area contributed by atoms with Crippen LogP contribution >= 0.6 is 23.8 Å². The molecule has 2 rings (SSSR count). The van der Waals surface area contributed by atoms with Crippen LogP contribution in [0.5, 0.6) is 0 Å². The molecular weight excluding hydrogens is 366 g/mol. The van der Waals surface area contributed by atoms with Gasteiger partial charge in [-0.1, -0.05) is 43.6 Å². The van der Waals surface area contributed by atoms with E-state index in [1.807, 2.05) is 41.9 Å². The highest BCUT2D eigenvalue weighted by Crippen LogP contribution is 2.18. The van der Waals surface area contributed by atoms with Gasteiger partial charge in [0.05, 0.1) is 6.54 Å². The number of hydrogen-bond acceptors (Lipinski definition) is 3. The fourth-order valence-electron chi connectivity index (χ4n) is 2.72. The largest absolute Gasteiger partial charge is 0.362 e. The van der Waals surface area contributed by atoms with Gasteiger partial charge in [-0.3, -0.25) is 4.68 Å². The maximum atomic E-state index is 6.24. The summed E-state index contributed by atoms with van der Waals surface area (Å²) in [5.74, 6) is 0.746. The number of nitrogens with one attached hydrogen (secondary N) is 2.